The van der Waals surface area contributed by atoms with Gasteiger partial charge in [0.1, 0.15) is 17.7 Å². The normalized spacial score (nSPS) is 18.0. The molecule has 0 unspecified atom stereocenters. The molecule has 1 aliphatic rings. The Morgan fingerprint density at radius 2 is 1.96 bits per heavy atom. The molecule has 0 saturated carbocycles. The van der Waals surface area contributed by atoms with Gasteiger partial charge in [-0.15, -0.1) is 0 Å². The predicted octanol–water partition coefficient (Wildman–Crippen LogP) is 2.24. The van der Waals surface area contributed by atoms with Crippen LogP contribution in [0.3, 0.4) is 0 Å². The predicted molar refractivity (Wildman–Crippen MR) is 95.2 cm³/mol. The molecule has 1 heterocycles. The number of hydrogen-bond donors (Lipinski definition) is 1. The summed E-state index contributed by atoms with van der Waals surface area (Å²) in [6, 6.07) is 7.90. The molecule has 2 rings (SSSR count). The number of alkyl carbamates (subject to hydrolysis) is 1. The Hall–Kier alpha value is -2.57. The van der Waals surface area contributed by atoms with Crippen LogP contribution in [0.5, 0.6) is 0 Å². The number of benzene rings is 1. The molecule has 0 aliphatic carbocycles. The molecule has 1 saturated heterocycles. The van der Waals surface area contributed by atoms with Crippen LogP contribution in [0.15, 0.2) is 30.3 Å². The summed E-state index contributed by atoms with van der Waals surface area (Å²) < 4.78 is 10.2. The van der Waals surface area contributed by atoms with Gasteiger partial charge < -0.3 is 19.7 Å². The second kappa shape index (κ2) is 8.21. The molecule has 0 bridgehead atoms. The van der Waals surface area contributed by atoms with Gasteiger partial charge >= 0.3 is 12.1 Å². The van der Waals surface area contributed by atoms with Crippen molar-refractivity contribution in [2.24, 2.45) is 0 Å². The van der Waals surface area contributed by atoms with E-state index in [4.69, 9.17) is 9.47 Å². The zero-order chi connectivity index (χ0) is 19.3. The fourth-order valence-corrected chi connectivity index (χ4v) is 2.68. The first-order chi connectivity index (χ1) is 12.2. The quantitative estimate of drug-likeness (QED) is 0.812. The van der Waals surface area contributed by atoms with E-state index in [2.05, 4.69) is 5.32 Å². The number of hydrogen-bond acceptors (Lipinski definition) is 5. The maximum absolute atomic E-state index is 12.9. The summed E-state index contributed by atoms with van der Waals surface area (Å²) in [6.45, 7) is 7.36. The molecule has 2 amide bonds. The average molecular weight is 362 g/mol. The maximum Gasteiger partial charge on any atom is 0.408 e. The summed E-state index contributed by atoms with van der Waals surface area (Å²) >= 11 is 0. The molecule has 7 heteroatoms. The van der Waals surface area contributed by atoms with Crippen LogP contribution in [-0.2, 0) is 25.6 Å². The fourth-order valence-electron chi connectivity index (χ4n) is 2.68. The molecule has 0 spiro atoms. The number of amides is 2. The van der Waals surface area contributed by atoms with Gasteiger partial charge in [-0.05, 0) is 33.3 Å². The van der Waals surface area contributed by atoms with Crippen LogP contribution in [0.2, 0.25) is 0 Å². The molecule has 1 aliphatic heterocycles. The highest BCUT2D eigenvalue weighted by Gasteiger charge is 2.37. The first kappa shape index (κ1) is 19.8. The molecular formula is C19H26N2O5. The van der Waals surface area contributed by atoms with Crippen molar-refractivity contribution in [2.45, 2.75) is 58.3 Å². The molecule has 1 aromatic rings. The first-order valence-corrected chi connectivity index (χ1v) is 8.68. The third-order valence-electron chi connectivity index (χ3n) is 3.87. The van der Waals surface area contributed by atoms with Crippen molar-refractivity contribution in [3.63, 3.8) is 0 Å². The van der Waals surface area contributed by atoms with Crippen LogP contribution in [-0.4, -0.2) is 47.2 Å². The number of carbonyl (C=O) groups excluding carboxylic acids is 3. The molecule has 26 heavy (non-hydrogen) atoms. The van der Waals surface area contributed by atoms with E-state index >= 15 is 0 Å². The van der Waals surface area contributed by atoms with Crippen molar-refractivity contribution in [3.8, 4) is 0 Å². The number of nitrogens with zero attached hydrogens (tertiary/aromatic N) is 1. The van der Waals surface area contributed by atoms with Crippen molar-refractivity contribution >= 4 is 18.0 Å². The number of nitrogens with one attached hydrogen (secondary N) is 1. The summed E-state index contributed by atoms with van der Waals surface area (Å²) in [4.78, 5) is 38.4. The van der Waals surface area contributed by atoms with E-state index in [0.717, 1.165) is 5.56 Å². The van der Waals surface area contributed by atoms with E-state index in [0.29, 0.717) is 6.42 Å². The van der Waals surface area contributed by atoms with Crippen molar-refractivity contribution in [1.29, 1.82) is 0 Å². The molecule has 0 aromatic heterocycles. The van der Waals surface area contributed by atoms with Crippen molar-refractivity contribution in [3.05, 3.63) is 35.9 Å². The molecule has 7 nitrogen and oxygen atoms in total. The van der Waals surface area contributed by atoms with Gasteiger partial charge in [0.15, 0.2) is 0 Å². The van der Waals surface area contributed by atoms with E-state index in [1.807, 2.05) is 30.3 Å². The van der Waals surface area contributed by atoms with E-state index in [1.165, 1.54) is 4.90 Å². The van der Waals surface area contributed by atoms with Crippen LogP contribution in [0, 0.1) is 0 Å². The zero-order valence-corrected chi connectivity index (χ0v) is 15.7. The minimum atomic E-state index is -0.832. The number of rotatable bonds is 5. The summed E-state index contributed by atoms with van der Waals surface area (Å²) in [5.74, 6) is -0.776. The van der Waals surface area contributed by atoms with Crippen molar-refractivity contribution in [2.75, 3.05) is 6.61 Å². The summed E-state index contributed by atoms with van der Waals surface area (Å²) in [5, 5.41) is 2.54. The molecule has 1 N–H and O–H groups in total. The summed E-state index contributed by atoms with van der Waals surface area (Å²) in [7, 11) is 0. The number of ether oxygens (including phenoxy) is 2. The molecule has 2 atom stereocenters. The maximum atomic E-state index is 12.9. The Morgan fingerprint density at radius 3 is 2.50 bits per heavy atom. The molecule has 1 aromatic carbocycles. The van der Waals surface area contributed by atoms with Crippen LogP contribution in [0.25, 0.3) is 0 Å². The summed E-state index contributed by atoms with van der Waals surface area (Å²) in [6.07, 6.45) is -0.233. The van der Waals surface area contributed by atoms with Gasteiger partial charge in [-0.25, -0.2) is 9.59 Å². The first-order valence-electron chi connectivity index (χ1n) is 8.68. The van der Waals surface area contributed by atoms with Crippen molar-refractivity contribution in [1.82, 2.24) is 10.2 Å². The van der Waals surface area contributed by atoms with Crippen molar-refractivity contribution < 1.29 is 23.9 Å². The standard InChI is InChI=1S/C19H26N2O5/c1-13(20-18(24)26-19(2,3)4)16(22)21(15-10-11-25-17(15)23)12-14-8-6-5-7-9-14/h5-9,13,15H,10-12H2,1-4H3,(H,20,24)/t13-,15+/m1/s1. The minimum absolute atomic E-state index is 0.264. The second-order valence-corrected chi connectivity index (χ2v) is 7.29. The molecule has 0 radical (unpaired) electrons. The van der Waals surface area contributed by atoms with Gasteiger partial charge in [0.2, 0.25) is 5.91 Å². The molecule has 1 fully saturated rings. The number of esters is 1. The average Bonchev–Trinajstić information content (AvgIpc) is 2.97. The van der Waals surface area contributed by atoms with Gasteiger partial charge in [-0.1, -0.05) is 30.3 Å². The van der Waals surface area contributed by atoms with E-state index in [-0.39, 0.29) is 19.1 Å². The number of carbonyl (C=O) groups is 3. The summed E-state index contributed by atoms with van der Waals surface area (Å²) in [5.41, 5.74) is 0.233. The number of cyclic esters (lactones) is 1. The minimum Gasteiger partial charge on any atom is -0.464 e. The fraction of sp³-hybridized carbons (Fsp3) is 0.526. The van der Waals surface area contributed by atoms with E-state index < -0.39 is 29.7 Å². The monoisotopic (exact) mass is 362 g/mol. The van der Waals surface area contributed by atoms with E-state index in [1.54, 1.807) is 27.7 Å². The SMILES string of the molecule is C[C@@H](NC(=O)OC(C)(C)C)C(=O)N(Cc1ccccc1)[C@H]1CCOC1=O. The Kier molecular flexibility index (Phi) is 6.23. The highest BCUT2D eigenvalue weighted by molar-refractivity contribution is 5.90. The largest absolute Gasteiger partial charge is 0.464 e. The van der Waals surface area contributed by atoms with Crippen LogP contribution in [0.4, 0.5) is 4.79 Å². The smallest absolute Gasteiger partial charge is 0.408 e. The third kappa shape index (κ3) is 5.47. The Labute approximate surface area is 153 Å². The molecule has 142 valence electrons. The molecular weight excluding hydrogens is 336 g/mol. The van der Waals surface area contributed by atoms with Gasteiger partial charge in [0.05, 0.1) is 6.61 Å². The Morgan fingerprint density at radius 1 is 1.31 bits per heavy atom. The lowest BCUT2D eigenvalue weighted by Gasteiger charge is -2.30. The third-order valence-corrected chi connectivity index (χ3v) is 3.87. The Bertz CT molecular complexity index is 654. The highest BCUT2D eigenvalue weighted by atomic mass is 16.6. The van der Waals surface area contributed by atoms with Crippen LogP contribution < -0.4 is 5.32 Å². The lowest BCUT2D eigenvalue weighted by Crippen LogP contribution is -2.52. The van der Waals surface area contributed by atoms with Crippen LogP contribution in [0.1, 0.15) is 39.7 Å². The Balaban J connectivity index is 2.11. The van der Waals surface area contributed by atoms with Gasteiger partial charge in [0, 0.05) is 13.0 Å². The van der Waals surface area contributed by atoms with Crippen LogP contribution >= 0.6 is 0 Å². The van der Waals surface area contributed by atoms with Gasteiger partial charge in [-0.2, -0.15) is 0 Å². The second-order valence-electron chi connectivity index (χ2n) is 7.29. The lowest BCUT2D eigenvalue weighted by atomic mass is 10.1. The van der Waals surface area contributed by atoms with Gasteiger partial charge in [0.25, 0.3) is 0 Å². The highest BCUT2D eigenvalue weighted by Crippen LogP contribution is 2.19. The lowest BCUT2D eigenvalue weighted by molar-refractivity contribution is -0.149. The zero-order valence-electron chi connectivity index (χ0n) is 15.7. The topological polar surface area (TPSA) is 84.9 Å². The van der Waals surface area contributed by atoms with E-state index in [9.17, 15) is 14.4 Å². The van der Waals surface area contributed by atoms with Gasteiger partial charge in [-0.3, -0.25) is 4.79 Å².